The Hall–Kier alpha value is -11.2. The summed E-state index contributed by atoms with van der Waals surface area (Å²) in [5, 5.41) is 70.6. The standard InChI is InChI=1S/C64H78N12O19/c1-4-33(2)54(63(93)75-49(64(94)95)27-37-19-21-39(77)22-20-37)76-62(92)48(31-53(83)84)74-61(91)46(29-50(66)78)69-55(85)34(3)68-57(87)47(30-52(81)82)73-60(90)45(28-38-32-67-42-18-12-11-17-40(38)42)72-59(89)44(26-36-15-9-6-10-16-36)71-58(88)43(25-35-13-7-5-8-14-35)70-56(86)41(65)23-24-51(79)80/h5-22,32-34,41,43-49,54,67,77H,4,23-31,65H2,1-3H3,(H2,66,78)(H,68,87)(H,69,85)(H,70,86)(H,71,88)(H,72,89)(H,73,90)(H,74,91)(H,75,93)(H,76,92)(H,79,80)(H,81,82)(H,83,84)(H,94,95)/t33-,34-,41-,43-,44-,45-,46-,47-,48-,49-,54-/m0/s1. The topological polar surface area (TPSA) is 516 Å². The number of amides is 10. The fourth-order valence-corrected chi connectivity index (χ4v) is 9.77. The van der Waals surface area contributed by atoms with Crippen LogP contribution in [0.15, 0.2) is 115 Å². The first kappa shape index (κ1) is 74.5. The average molecular weight is 1320 g/mol. The predicted octanol–water partition coefficient (Wildman–Crippen LogP) is -1.33. The van der Waals surface area contributed by atoms with Gasteiger partial charge in [-0.1, -0.05) is 111 Å². The van der Waals surface area contributed by atoms with Crippen LogP contribution in [0, 0.1) is 5.92 Å². The molecule has 5 rings (SSSR count). The molecule has 0 unspecified atom stereocenters. The van der Waals surface area contributed by atoms with Crippen LogP contribution in [0.3, 0.4) is 0 Å². The first-order valence-electron chi connectivity index (χ1n) is 30.1. The van der Waals surface area contributed by atoms with Gasteiger partial charge in [0.15, 0.2) is 0 Å². The Morgan fingerprint density at radius 3 is 1.35 bits per heavy atom. The molecule has 0 fully saturated rings. The number of nitrogens with two attached hydrogens (primary N) is 2. The summed E-state index contributed by atoms with van der Waals surface area (Å²) in [5.41, 5.74) is 14.0. The van der Waals surface area contributed by atoms with Gasteiger partial charge in [-0.25, -0.2) is 4.79 Å². The van der Waals surface area contributed by atoms with Crippen LogP contribution in [0.1, 0.15) is 81.5 Å². The van der Waals surface area contributed by atoms with E-state index in [4.69, 9.17) is 11.5 Å². The van der Waals surface area contributed by atoms with Crippen LogP contribution < -0.4 is 59.3 Å². The maximum atomic E-state index is 14.8. The Morgan fingerprint density at radius 2 is 0.853 bits per heavy atom. The summed E-state index contributed by atoms with van der Waals surface area (Å²) < 4.78 is 0. The minimum atomic E-state index is -2.03. The quantitative estimate of drug-likeness (QED) is 0.0218. The number of hydrogen-bond donors (Lipinski definition) is 17. The molecule has 0 aliphatic carbocycles. The number of carboxylic acids is 4. The number of carboxylic acid groups (broad SMARTS) is 4. The number of para-hydroxylation sites is 1. The molecule has 31 nitrogen and oxygen atoms in total. The van der Waals surface area contributed by atoms with Gasteiger partial charge in [0.05, 0.1) is 25.3 Å². The fraction of sp³-hybridized carbons (Fsp3) is 0.375. The average Bonchev–Trinajstić information content (AvgIpc) is 1.81. The third kappa shape index (κ3) is 24.1. The Labute approximate surface area is 543 Å². The molecule has 0 aliphatic rings. The van der Waals surface area contributed by atoms with Crippen LogP contribution in [-0.4, -0.2) is 174 Å². The number of nitrogens with one attached hydrogen (secondary N) is 10. The van der Waals surface area contributed by atoms with E-state index in [0.717, 1.165) is 6.92 Å². The van der Waals surface area contributed by atoms with Crippen molar-refractivity contribution in [3.05, 3.63) is 138 Å². The largest absolute Gasteiger partial charge is 0.508 e. The number of phenols is 1. The molecule has 4 aromatic carbocycles. The molecular weight excluding hydrogens is 1240 g/mol. The minimum Gasteiger partial charge on any atom is -0.508 e. The second-order valence-corrected chi connectivity index (χ2v) is 22.6. The van der Waals surface area contributed by atoms with Crippen LogP contribution >= 0.6 is 0 Å². The van der Waals surface area contributed by atoms with Crippen molar-refractivity contribution in [2.24, 2.45) is 17.4 Å². The number of aromatic hydroxyl groups is 1. The molecule has 508 valence electrons. The number of H-pyrrole nitrogens is 1. The lowest BCUT2D eigenvalue weighted by Crippen LogP contribution is -2.61. The van der Waals surface area contributed by atoms with E-state index in [2.05, 4.69) is 52.8 Å². The lowest BCUT2D eigenvalue weighted by molar-refractivity contribution is -0.143. The molecule has 19 N–H and O–H groups in total. The van der Waals surface area contributed by atoms with Gasteiger partial charge in [0.25, 0.3) is 0 Å². The van der Waals surface area contributed by atoms with Gasteiger partial charge in [0.1, 0.15) is 60.1 Å². The summed E-state index contributed by atoms with van der Waals surface area (Å²) in [7, 11) is 0. The van der Waals surface area contributed by atoms with Crippen molar-refractivity contribution in [1.82, 2.24) is 52.8 Å². The van der Waals surface area contributed by atoms with E-state index in [1.807, 2.05) is 0 Å². The number of primary amides is 1. The normalized spacial score (nSPS) is 14.5. The van der Waals surface area contributed by atoms with Gasteiger partial charge in [-0.05, 0) is 59.7 Å². The zero-order valence-electron chi connectivity index (χ0n) is 52.0. The highest BCUT2D eigenvalue weighted by atomic mass is 16.4. The highest BCUT2D eigenvalue weighted by Crippen LogP contribution is 2.21. The number of carbonyl (C=O) groups is 14. The number of hydrogen-bond acceptors (Lipinski definition) is 16. The monoisotopic (exact) mass is 1320 g/mol. The van der Waals surface area contributed by atoms with Crippen molar-refractivity contribution in [3.8, 4) is 5.75 Å². The van der Waals surface area contributed by atoms with Gasteiger partial charge in [0, 0.05) is 49.2 Å². The van der Waals surface area contributed by atoms with E-state index in [0.29, 0.717) is 33.2 Å². The highest BCUT2D eigenvalue weighted by molar-refractivity contribution is 6.01. The van der Waals surface area contributed by atoms with Gasteiger partial charge in [-0.15, -0.1) is 0 Å². The zero-order chi connectivity index (χ0) is 70.1. The van der Waals surface area contributed by atoms with Crippen LogP contribution in [0.25, 0.3) is 10.9 Å². The van der Waals surface area contributed by atoms with Crippen LogP contribution in [0.4, 0.5) is 0 Å². The number of carbonyl (C=O) groups excluding carboxylic acids is 10. The fourth-order valence-electron chi connectivity index (χ4n) is 9.77. The SMILES string of the molecule is CC[C@H](C)[C@H](NC(=O)[C@H](CC(=O)O)NC(=O)[C@H](CC(N)=O)NC(=O)[C@H](C)NC(=O)[C@H](CC(=O)O)NC(=O)[C@H](Cc1c[nH]c2ccccc12)NC(=O)[C@H](Cc1ccccc1)NC(=O)[C@H](Cc1ccccc1)NC(=O)[C@@H](N)CCC(=O)O)C(=O)N[C@@H](Cc1ccc(O)cc1)C(=O)O. The van der Waals surface area contributed by atoms with E-state index in [9.17, 15) is 92.7 Å². The molecule has 95 heavy (non-hydrogen) atoms. The molecule has 5 aromatic rings. The summed E-state index contributed by atoms with van der Waals surface area (Å²) in [6.07, 6.45) is -3.19. The second-order valence-electron chi connectivity index (χ2n) is 22.6. The van der Waals surface area contributed by atoms with E-state index in [-0.39, 0.29) is 44.3 Å². The van der Waals surface area contributed by atoms with Crippen LogP contribution in [0.2, 0.25) is 0 Å². The second kappa shape index (κ2) is 36.1. The van der Waals surface area contributed by atoms with Crippen LogP contribution in [0.5, 0.6) is 5.75 Å². The number of fused-ring (bicyclic) bond motifs is 1. The predicted molar refractivity (Wildman–Crippen MR) is 337 cm³/mol. The molecule has 0 saturated heterocycles. The first-order chi connectivity index (χ1) is 45.0. The smallest absolute Gasteiger partial charge is 0.326 e. The molecule has 0 bridgehead atoms. The molecule has 0 spiro atoms. The number of aromatic amines is 1. The number of phenolic OH excluding ortho intramolecular Hbond substituents is 1. The Morgan fingerprint density at radius 1 is 0.442 bits per heavy atom. The Kier molecular flexibility index (Phi) is 28.3. The Bertz CT molecular complexity index is 3570. The van der Waals surface area contributed by atoms with E-state index >= 15 is 0 Å². The van der Waals surface area contributed by atoms with E-state index < -0.39 is 175 Å². The maximum Gasteiger partial charge on any atom is 0.326 e. The lowest BCUT2D eigenvalue weighted by Gasteiger charge is -2.28. The van der Waals surface area contributed by atoms with E-state index in [1.54, 1.807) is 98.0 Å². The van der Waals surface area contributed by atoms with Crippen LogP contribution in [-0.2, 0) is 92.8 Å². The van der Waals surface area contributed by atoms with Gasteiger partial charge in [0.2, 0.25) is 59.1 Å². The molecule has 10 amide bonds. The number of rotatable bonds is 38. The van der Waals surface area contributed by atoms with Crippen molar-refractivity contribution in [2.75, 3.05) is 0 Å². The number of aliphatic carboxylic acids is 4. The van der Waals surface area contributed by atoms with Gasteiger partial charge in [-0.3, -0.25) is 62.3 Å². The van der Waals surface area contributed by atoms with Gasteiger partial charge < -0.3 is 89.8 Å². The summed E-state index contributed by atoms with van der Waals surface area (Å²) in [6.45, 7) is 4.20. The lowest BCUT2D eigenvalue weighted by atomic mass is 9.96. The summed E-state index contributed by atoms with van der Waals surface area (Å²) in [4.78, 5) is 190. The van der Waals surface area contributed by atoms with E-state index in [1.165, 1.54) is 31.2 Å². The third-order valence-corrected chi connectivity index (χ3v) is 15.2. The zero-order valence-corrected chi connectivity index (χ0v) is 52.0. The Balaban J connectivity index is 1.36. The molecule has 11 atom stereocenters. The van der Waals surface area contributed by atoms with Gasteiger partial charge >= 0.3 is 23.9 Å². The summed E-state index contributed by atoms with van der Waals surface area (Å²) in [5.74, 6) is -18.1. The summed E-state index contributed by atoms with van der Waals surface area (Å²) >= 11 is 0. The highest BCUT2D eigenvalue weighted by Gasteiger charge is 2.38. The van der Waals surface area contributed by atoms with Crippen molar-refractivity contribution < 1.29 is 92.7 Å². The molecule has 1 aromatic heterocycles. The minimum absolute atomic E-state index is 0.102. The summed E-state index contributed by atoms with van der Waals surface area (Å²) in [6, 6.07) is 12.2. The molecule has 0 radical (unpaired) electrons. The third-order valence-electron chi connectivity index (χ3n) is 15.2. The maximum absolute atomic E-state index is 14.8. The van der Waals surface area contributed by atoms with Crippen molar-refractivity contribution in [1.29, 1.82) is 0 Å². The molecule has 1 heterocycles. The molecule has 0 aliphatic heterocycles. The molecule has 31 heteroatoms. The number of benzene rings is 4. The van der Waals surface area contributed by atoms with Crippen molar-refractivity contribution >= 4 is 93.9 Å². The number of aromatic nitrogens is 1. The van der Waals surface area contributed by atoms with Crippen molar-refractivity contribution in [3.63, 3.8) is 0 Å². The first-order valence-corrected chi connectivity index (χ1v) is 30.1. The van der Waals surface area contributed by atoms with Gasteiger partial charge in [-0.2, -0.15) is 0 Å². The van der Waals surface area contributed by atoms with Crippen molar-refractivity contribution in [2.45, 2.75) is 145 Å². The molecular formula is C64H78N12O19. The molecule has 0 saturated carbocycles.